The van der Waals surface area contributed by atoms with Gasteiger partial charge < -0.3 is 5.73 Å². The highest BCUT2D eigenvalue weighted by atomic mass is 32.2. The quantitative estimate of drug-likeness (QED) is 0.736. The molecule has 0 radical (unpaired) electrons. The average molecular weight is 253 g/mol. The second-order valence-electron chi connectivity index (χ2n) is 3.47. The van der Waals surface area contributed by atoms with Gasteiger partial charge >= 0.3 is 0 Å². The van der Waals surface area contributed by atoms with E-state index in [1.54, 1.807) is 18.3 Å². The molecule has 17 heavy (non-hydrogen) atoms. The van der Waals surface area contributed by atoms with Crippen LogP contribution in [-0.2, 0) is 10.0 Å². The van der Waals surface area contributed by atoms with Crippen LogP contribution in [0, 0.1) is 6.92 Å². The van der Waals surface area contributed by atoms with E-state index in [4.69, 9.17) is 5.73 Å². The fraction of sp³-hybridized carbons (Fsp3) is 0.111. The van der Waals surface area contributed by atoms with Crippen molar-refractivity contribution in [1.82, 2.24) is 15.2 Å². The fourth-order valence-electron chi connectivity index (χ4n) is 1.22. The van der Waals surface area contributed by atoms with Crippen LogP contribution < -0.4 is 10.5 Å². The van der Waals surface area contributed by atoms with Crippen LogP contribution >= 0.6 is 0 Å². The first kappa shape index (κ1) is 11.4. The number of anilines is 2. The Kier molecular flexibility index (Phi) is 2.72. The van der Waals surface area contributed by atoms with Crippen molar-refractivity contribution in [3.05, 3.63) is 30.1 Å². The van der Waals surface area contributed by atoms with E-state index in [0.29, 0.717) is 0 Å². The van der Waals surface area contributed by atoms with E-state index in [-0.39, 0.29) is 16.5 Å². The monoisotopic (exact) mass is 253 g/mol. The van der Waals surface area contributed by atoms with Crippen LogP contribution in [0.1, 0.15) is 5.56 Å². The molecule has 0 unspecified atom stereocenters. The third kappa shape index (κ3) is 2.36. The number of rotatable bonds is 3. The number of nitrogens with one attached hydrogen (secondary N) is 2. The highest BCUT2D eigenvalue weighted by molar-refractivity contribution is 7.92. The van der Waals surface area contributed by atoms with Gasteiger partial charge in [0, 0.05) is 6.20 Å². The van der Waals surface area contributed by atoms with Crippen LogP contribution in [0.5, 0.6) is 0 Å². The van der Waals surface area contributed by atoms with Gasteiger partial charge in [0.25, 0.3) is 10.0 Å². The van der Waals surface area contributed by atoms with Gasteiger partial charge in [-0.25, -0.2) is 13.4 Å². The molecule has 2 aromatic rings. The summed E-state index contributed by atoms with van der Waals surface area (Å²) in [5.41, 5.74) is 6.39. The normalized spacial score (nSPS) is 11.4. The molecule has 0 saturated heterocycles. The number of pyridine rings is 1. The van der Waals surface area contributed by atoms with Crippen LogP contribution in [0.15, 0.2) is 29.4 Å². The zero-order chi connectivity index (χ0) is 12.5. The van der Waals surface area contributed by atoms with E-state index in [2.05, 4.69) is 19.9 Å². The van der Waals surface area contributed by atoms with E-state index < -0.39 is 10.0 Å². The summed E-state index contributed by atoms with van der Waals surface area (Å²) >= 11 is 0. The summed E-state index contributed by atoms with van der Waals surface area (Å²) in [6.07, 6.45) is 2.71. The Morgan fingerprint density at radius 1 is 1.35 bits per heavy atom. The first-order valence-corrected chi connectivity index (χ1v) is 6.22. The molecule has 2 rings (SSSR count). The molecule has 0 aliphatic heterocycles. The molecule has 0 saturated carbocycles. The van der Waals surface area contributed by atoms with Gasteiger partial charge in [-0.3, -0.25) is 9.82 Å². The Hall–Kier alpha value is -2.09. The van der Waals surface area contributed by atoms with Gasteiger partial charge in [0.2, 0.25) is 0 Å². The lowest BCUT2D eigenvalue weighted by Crippen LogP contribution is -2.14. The summed E-state index contributed by atoms with van der Waals surface area (Å²) in [5, 5.41) is 5.91. The van der Waals surface area contributed by atoms with Crippen molar-refractivity contribution in [2.24, 2.45) is 0 Å². The largest absolute Gasteiger partial charge is 0.383 e. The second-order valence-corrected chi connectivity index (χ2v) is 5.13. The van der Waals surface area contributed by atoms with Gasteiger partial charge in [-0.05, 0) is 18.6 Å². The number of nitrogens with zero attached hydrogens (tertiary/aromatic N) is 2. The zero-order valence-corrected chi connectivity index (χ0v) is 9.82. The summed E-state index contributed by atoms with van der Waals surface area (Å²) in [4.78, 5) is 3.84. The van der Waals surface area contributed by atoms with Gasteiger partial charge in [-0.1, -0.05) is 6.07 Å². The molecule has 0 fully saturated rings. The van der Waals surface area contributed by atoms with Crippen molar-refractivity contribution in [2.45, 2.75) is 11.8 Å². The molecular formula is C9H11N5O2S. The summed E-state index contributed by atoms with van der Waals surface area (Å²) < 4.78 is 26.1. The van der Waals surface area contributed by atoms with Gasteiger partial charge in [0.05, 0.1) is 6.20 Å². The molecule has 8 heteroatoms. The zero-order valence-electron chi connectivity index (χ0n) is 9.01. The lowest BCUT2D eigenvalue weighted by molar-refractivity contribution is 0.601. The minimum atomic E-state index is -3.74. The molecule has 0 aliphatic rings. The molecule has 4 N–H and O–H groups in total. The van der Waals surface area contributed by atoms with Crippen LogP contribution in [0.4, 0.5) is 11.6 Å². The number of hydrogen-bond donors (Lipinski definition) is 3. The van der Waals surface area contributed by atoms with Gasteiger partial charge in [-0.15, -0.1) is 0 Å². The summed E-state index contributed by atoms with van der Waals surface area (Å²) in [7, 11) is -3.74. The standard InChI is InChI=1S/C9H11N5O2S/c1-6-2-3-8(11-4-6)14-17(15,16)7-5-12-13-9(7)10/h2-5H,1H3,(H,11,14)(H3,10,12,13). The molecule has 7 nitrogen and oxygen atoms in total. The minimum Gasteiger partial charge on any atom is -0.383 e. The number of aromatic nitrogens is 3. The highest BCUT2D eigenvalue weighted by Gasteiger charge is 2.19. The first-order valence-electron chi connectivity index (χ1n) is 4.73. The van der Waals surface area contributed by atoms with Crippen molar-refractivity contribution in [1.29, 1.82) is 0 Å². The third-order valence-corrected chi connectivity index (χ3v) is 3.45. The Morgan fingerprint density at radius 2 is 2.12 bits per heavy atom. The number of aromatic amines is 1. The number of nitrogens with two attached hydrogens (primary N) is 1. The number of aryl methyl sites for hydroxylation is 1. The Morgan fingerprint density at radius 3 is 2.65 bits per heavy atom. The smallest absolute Gasteiger partial charge is 0.268 e. The van der Waals surface area contributed by atoms with Crippen LogP contribution in [0.3, 0.4) is 0 Å². The van der Waals surface area contributed by atoms with E-state index in [0.717, 1.165) is 11.8 Å². The Labute approximate surface area is 98.1 Å². The van der Waals surface area contributed by atoms with Gasteiger partial charge in [0.15, 0.2) is 0 Å². The van der Waals surface area contributed by atoms with E-state index >= 15 is 0 Å². The van der Waals surface area contributed by atoms with Crippen LogP contribution in [-0.4, -0.2) is 23.6 Å². The average Bonchev–Trinajstić information content (AvgIpc) is 2.68. The molecule has 0 bridgehead atoms. The molecule has 90 valence electrons. The van der Waals surface area contributed by atoms with Gasteiger partial charge in [-0.2, -0.15) is 5.10 Å². The lowest BCUT2D eigenvalue weighted by Gasteiger charge is -2.05. The Balaban J connectivity index is 2.30. The number of hydrogen-bond acceptors (Lipinski definition) is 5. The van der Waals surface area contributed by atoms with Crippen molar-refractivity contribution in [3.63, 3.8) is 0 Å². The highest BCUT2D eigenvalue weighted by Crippen LogP contribution is 2.17. The van der Waals surface area contributed by atoms with E-state index in [9.17, 15) is 8.42 Å². The third-order valence-electron chi connectivity index (χ3n) is 2.07. The number of nitrogen functional groups attached to an aromatic ring is 1. The molecule has 0 spiro atoms. The molecule has 0 aliphatic carbocycles. The second kappa shape index (κ2) is 4.06. The number of H-pyrrole nitrogens is 1. The molecule has 2 heterocycles. The summed E-state index contributed by atoms with van der Waals surface area (Å²) in [6, 6.07) is 3.33. The SMILES string of the molecule is Cc1ccc(NS(=O)(=O)c2cn[nH]c2N)nc1. The maximum Gasteiger partial charge on any atom is 0.268 e. The van der Waals surface area contributed by atoms with E-state index in [1.165, 1.54) is 0 Å². The molecular weight excluding hydrogens is 242 g/mol. The predicted octanol–water partition coefficient (Wildman–Crippen LogP) is 0.496. The van der Waals surface area contributed by atoms with Crippen molar-refractivity contribution in [3.8, 4) is 0 Å². The van der Waals surface area contributed by atoms with Crippen LogP contribution in [0.25, 0.3) is 0 Å². The maximum absolute atomic E-state index is 11.9. The van der Waals surface area contributed by atoms with Crippen molar-refractivity contribution in [2.75, 3.05) is 10.5 Å². The number of sulfonamides is 1. The predicted molar refractivity (Wildman–Crippen MR) is 62.8 cm³/mol. The van der Waals surface area contributed by atoms with Crippen molar-refractivity contribution < 1.29 is 8.42 Å². The fourth-order valence-corrected chi connectivity index (χ4v) is 2.25. The first-order chi connectivity index (χ1) is 7.99. The summed E-state index contributed by atoms with van der Waals surface area (Å²) in [6.45, 7) is 1.86. The molecule has 0 atom stereocenters. The topological polar surface area (TPSA) is 114 Å². The molecule has 2 aromatic heterocycles. The van der Waals surface area contributed by atoms with Gasteiger partial charge in [0.1, 0.15) is 16.5 Å². The van der Waals surface area contributed by atoms with E-state index in [1.807, 2.05) is 6.92 Å². The van der Waals surface area contributed by atoms with Crippen LogP contribution in [0.2, 0.25) is 0 Å². The minimum absolute atomic E-state index is 0.00962. The summed E-state index contributed by atoms with van der Waals surface area (Å²) in [5.74, 6) is 0.223. The van der Waals surface area contributed by atoms with Crippen molar-refractivity contribution >= 4 is 21.7 Å². The lowest BCUT2D eigenvalue weighted by atomic mass is 10.3. The molecule has 0 aromatic carbocycles. The Bertz CT molecular complexity index is 617. The maximum atomic E-state index is 11.9. The molecule has 0 amide bonds.